The average Bonchev–Trinajstić information content (AvgIpc) is 3.04. The van der Waals surface area contributed by atoms with Crippen molar-refractivity contribution in [2.75, 3.05) is 6.54 Å². The monoisotopic (exact) mass is 285 g/mol. The van der Waals surface area contributed by atoms with Crippen molar-refractivity contribution in [3.8, 4) is 10.4 Å². The molecule has 0 aliphatic carbocycles. The van der Waals surface area contributed by atoms with Crippen LogP contribution in [0.25, 0.3) is 10.4 Å². The van der Waals surface area contributed by atoms with Crippen molar-refractivity contribution in [1.82, 2.24) is 10.3 Å². The molecule has 0 unspecified atom stereocenters. The first-order valence-corrected chi connectivity index (χ1v) is 6.84. The van der Waals surface area contributed by atoms with Crippen LogP contribution in [-0.2, 0) is 4.79 Å². The molecule has 2 heterocycles. The zero-order valence-corrected chi connectivity index (χ0v) is 11.3. The standard InChI is InChI=1S/C14H11N3O2S/c18-13-9-17(14(19)16-13)15-8-11-6-7-12(20-11)10-4-2-1-3-5-10/h1-8H,9H2,(H,16,18,19)/b15-8-. The Labute approximate surface area is 119 Å². The number of rotatable bonds is 3. The first-order valence-electron chi connectivity index (χ1n) is 6.03. The molecule has 1 N–H and O–H groups in total. The maximum absolute atomic E-state index is 11.3. The summed E-state index contributed by atoms with van der Waals surface area (Å²) in [4.78, 5) is 24.4. The summed E-state index contributed by atoms with van der Waals surface area (Å²) in [5.41, 5.74) is 1.14. The van der Waals surface area contributed by atoms with Gasteiger partial charge in [-0.1, -0.05) is 30.3 Å². The zero-order chi connectivity index (χ0) is 13.9. The minimum atomic E-state index is -0.480. The highest BCUT2D eigenvalue weighted by atomic mass is 32.1. The van der Waals surface area contributed by atoms with E-state index in [1.165, 1.54) is 0 Å². The van der Waals surface area contributed by atoms with E-state index >= 15 is 0 Å². The lowest BCUT2D eigenvalue weighted by molar-refractivity contribution is -0.118. The summed E-state index contributed by atoms with van der Waals surface area (Å²) in [5.74, 6) is -0.330. The molecule has 0 saturated carbocycles. The Balaban J connectivity index is 1.75. The van der Waals surface area contributed by atoms with E-state index in [2.05, 4.69) is 10.4 Å². The predicted octanol–water partition coefficient (Wildman–Crippen LogP) is 2.30. The smallest absolute Gasteiger partial charge is 0.275 e. The SMILES string of the molecule is O=C1CN(/N=C\c2ccc(-c3ccccc3)s2)C(=O)N1. The molecule has 3 rings (SSSR count). The van der Waals surface area contributed by atoms with Gasteiger partial charge >= 0.3 is 6.03 Å². The van der Waals surface area contributed by atoms with Gasteiger partial charge in [0.15, 0.2) is 0 Å². The van der Waals surface area contributed by atoms with E-state index in [1.807, 2.05) is 42.5 Å². The minimum Gasteiger partial charge on any atom is -0.275 e. The summed E-state index contributed by atoms with van der Waals surface area (Å²) in [6.45, 7) is -0.0216. The van der Waals surface area contributed by atoms with Crippen molar-refractivity contribution in [3.63, 3.8) is 0 Å². The van der Waals surface area contributed by atoms with Crippen LogP contribution in [-0.4, -0.2) is 29.7 Å². The molecule has 1 aromatic carbocycles. The van der Waals surface area contributed by atoms with Crippen molar-refractivity contribution < 1.29 is 9.59 Å². The first kappa shape index (κ1) is 12.6. The van der Waals surface area contributed by atoms with Crippen LogP contribution in [0.2, 0.25) is 0 Å². The number of urea groups is 1. The number of hydrogen-bond acceptors (Lipinski definition) is 4. The molecular formula is C14H11N3O2S. The second kappa shape index (κ2) is 5.26. The molecule has 0 radical (unpaired) electrons. The Hall–Kier alpha value is -2.47. The van der Waals surface area contributed by atoms with Crippen molar-refractivity contribution in [2.45, 2.75) is 0 Å². The molecule has 0 spiro atoms. The third-order valence-electron chi connectivity index (χ3n) is 2.78. The highest BCUT2D eigenvalue weighted by molar-refractivity contribution is 7.17. The molecule has 20 heavy (non-hydrogen) atoms. The lowest BCUT2D eigenvalue weighted by Gasteiger charge is -2.02. The number of imide groups is 1. The Morgan fingerprint density at radius 2 is 1.95 bits per heavy atom. The summed E-state index contributed by atoms with van der Waals surface area (Å²) in [5, 5.41) is 7.30. The maximum atomic E-state index is 11.3. The topological polar surface area (TPSA) is 61.8 Å². The van der Waals surface area contributed by atoms with E-state index in [4.69, 9.17) is 0 Å². The van der Waals surface area contributed by atoms with E-state index in [9.17, 15) is 9.59 Å². The van der Waals surface area contributed by atoms with E-state index in [-0.39, 0.29) is 12.5 Å². The van der Waals surface area contributed by atoms with E-state index in [0.717, 1.165) is 20.3 Å². The van der Waals surface area contributed by atoms with Crippen LogP contribution in [0.3, 0.4) is 0 Å². The summed E-state index contributed by atoms with van der Waals surface area (Å²) >= 11 is 1.58. The fourth-order valence-corrected chi connectivity index (χ4v) is 2.71. The number of nitrogens with one attached hydrogen (secondary N) is 1. The molecule has 1 saturated heterocycles. The molecule has 6 heteroatoms. The molecule has 0 bridgehead atoms. The third-order valence-corrected chi connectivity index (χ3v) is 3.85. The van der Waals surface area contributed by atoms with Crippen LogP contribution in [0.4, 0.5) is 4.79 Å². The normalized spacial score (nSPS) is 15.1. The van der Waals surface area contributed by atoms with Gasteiger partial charge in [-0.3, -0.25) is 10.1 Å². The molecule has 1 aromatic heterocycles. The number of hydrogen-bond donors (Lipinski definition) is 1. The highest BCUT2D eigenvalue weighted by Crippen LogP contribution is 2.26. The van der Waals surface area contributed by atoms with Gasteiger partial charge in [0, 0.05) is 9.75 Å². The molecular weight excluding hydrogens is 274 g/mol. The van der Waals surface area contributed by atoms with Crippen LogP contribution < -0.4 is 5.32 Å². The van der Waals surface area contributed by atoms with Gasteiger partial charge in [0.05, 0.1) is 6.21 Å². The third kappa shape index (κ3) is 2.60. The summed E-state index contributed by atoms with van der Waals surface area (Å²) < 4.78 is 0. The molecule has 100 valence electrons. The number of amides is 3. The molecule has 1 aliphatic rings. The zero-order valence-electron chi connectivity index (χ0n) is 10.4. The largest absolute Gasteiger partial charge is 0.344 e. The molecule has 1 aliphatic heterocycles. The Bertz CT molecular complexity index is 679. The fourth-order valence-electron chi connectivity index (χ4n) is 1.83. The second-order valence-corrected chi connectivity index (χ2v) is 5.34. The van der Waals surface area contributed by atoms with Gasteiger partial charge in [-0.15, -0.1) is 11.3 Å². The number of carbonyl (C=O) groups excluding carboxylic acids is 2. The van der Waals surface area contributed by atoms with Crippen LogP contribution in [0.15, 0.2) is 47.6 Å². The molecule has 5 nitrogen and oxygen atoms in total. The van der Waals surface area contributed by atoms with Gasteiger partial charge < -0.3 is 0 Å². The van der Waals surface area contributed by atoms with Crippen molar-refractivity contribution in [3.05, 3.63) is 47.3 Å². The van der Waals surface area contributed by atoms with Crippen molar-refractivity contribution >= 4 is 29.5 Å². The van der Waals surface area contributed by atoms with E-state index in [0.29, 0.717) is 0 Å². The number of thiophene rings is 1. The summed E-state index contributed by atoms with van der Waals surface area (Å²) in [6.07, 6.45) is 1.59. The van der Waals surface area contributed by atoms with Crippen LogP contribution in [0.5, 0.6) is 0 Å². The lowest BCUT2D eigenvalue weighted by Crippen LogP contribution is -2.24. The van der Waals surface area contributed by atoms with Gasteiger partial charge in [-0.25, -0.2) is 9.80 Å². The highest BCUT2D eigenvalue weighted by Gasteiger charge is 2.25. The van der Waals surface area contributed by atoms with Gasteiger partial charge in [-0.2, -0.15) is 5.10 Å². The Morgan fingerprint density at radius 1 is 1.15 bits per heavy atom. The maximum Gasteiger partial charge on any atom is 0.344 e. The molecule has 3 amide bonds. The molecule has 1 fully saturated rings. The van der Waals surface area contributed by atoms with Gasteiger partial charge in [0.1, 0.15) is 6.54 Å². The van der Waals surface area contributed by atoms with Crippen LogP contribution >= 0.6 is 11.3 Å². The average molecular weight is 285 g/mol. The number of hydrazone groups is 1. The Morgan fingerprint density at radius 3 is 2.65 bits per heavy atom. The van der Waals surface area contributed by atoms with Crippen molar-refractivity contribution in [2.24, 2.45) is 5.10 Å². The van der Waals surface area contributed by atoms with Crippen molar-refractivity contribution in [1.29, 1.82) is 0 Å². The van der Waals surface area contributed by atoms with Gasteiger partial charge in [-0.05, 0) is 17.7 Å². The Kier molecular flexibility index (Phi) is 3.30. The molecule has 0 atom stereocenters. The van der Waals surface area contributed by atoms with Gasteiger partial charge in [0.25, 0.3) is 0 Å². The number of nitrogens with zero attached hydrogens (tertiary/aromatic N) is 2. The predicted molar refractivity (Wildman–Crippen MR) is 77.6 cm³/mol. The fraction of sp³-hybridized carbons (Fsp3) is 0.0714. The number of carbonyl (C=O) groups is 2. The number of benzene rings is 1. The quantitative estimate of drug-likeness (QED) is 0.695. The lowest BCUT2D eigenvalue weighted by atomic mass is 10.2. The van der Waals surface area contributed by atoms with Crippen LogP contribution in [0, 0.1) is 0 Å². The van der Waals surface area contributed by atoms with E-state index in [1.54, 1.807) is 17.6 Å². The first-order chi connectivity index (χ1) is 9.72. The second-order valence-electron chi connectivity index (χ2n) is 4.22. The van der Waals surface area contributed by atoms with E-state index < -0.39 is 6.03 Å². The minimum absolute atomic E-state index is 0.0216. The van der Waals surface area contributed by atoms with Crippen LogP contribution in [0.1, 0.15) is 4.88 Å². The molecule has 2 aromatic rings. The summed E-state index contributed by atoms with van der Waals surface area (Å²) in [7, 11) is 0. The van der Waals surface area contributed by atoms with Gasteiger partial charge in [0.2, 0.25) is 5.91 Å². The summed E-state index contributed by atoms with van der Waals surface area (Å²) in [6, 6.07) is 13.5.